The lowest BCUT2D eigenvalue weighted by atomic mass is 9.61. The first-order valence-corrected chi connectivity index (χ1v) is 8.01. The average molecular weight is 286 g/mol. The van der Waals surface area contributed by atoms with Crippen molar-refractivity contribution in [1.29, 1.82) is 0 Å². The van der Waals surface area contributed by atoms with Crippen molar-refractivity contribution < 1.29 is 9.90 Å². The van der Waals surface area contributed by atoms with Crippen molar-refractivity contribution in [3.8, 4) is 0 Å². The van der Waals surface area contributed by atoms with E-state index in [0.717, 1.165) is 19.4 Å². The molecule has 0 bridgehead atoms. The molecule has 2 spiro atoms. The number of para-hydroxylation sites is 1. The summed E-state index contributed by atoms with van der Waals surface area (Å²) < 4.78 is 0. The molecule has 0 amide bonds. The van der Waals surface area contributed by atoms with Crippen LogP contribution in [-0.2, 0) is 10.2 Å². The first-order valence-electron chi connectivity index (χ1n) is 8.01. The Bertz CT molecular complexity index is 580. The highest BCUT2D eigenvalue weighted by Gasteiger charge is 2.62. The molecule has 4 nitrogen and oxygen atoms in total. The summed E-state index contributed by atoms with van der Waals surface area (Å²) in [7, 11) is 0. The zero-order valence-electron chi connectivity index (χ0n) is 12.2. The second kappa shape index (κ2) is 4.47. The molecule has 21 heavy (non-hydrogen) atoms. The van der Waals surface area contributed by atoms with Gasteiger partial charge in [0.1, 0.15) is 6.04 Å². The lowest BCUT2D eigenvalue weighted by Gasteiger charge is -2.46. The normalized spacial score (nSPS) is 33.0. The van der Waals surface area contributed by atoms with Gasteiger partial charge in [-0.15, -0.1) is 0 Å². The van der Waals surface area contributed by atoms with Gasteiger partial charge in [0.2, 0.25) is 0 Å². The van der Waals surface area contributed by atoms with Crippen LogP contribution < -0.4 is 10.6 Å². The van der Waals surface area contributed by atoms with E-state index in [1.54, 1.807) is 0 Å². The Labute approximate surface area is 124 Å². The molecule has 1 aromatic carbocycles. The largest absolute Gasteiger partial charge is 0.480 e. The van der Waals surface area contributed by atoms with E-state index in [4.69, 9.17) is 0 Å². The van der Waals surface area contributed by atoms with Crippen molar-refractivity contribution in [2.45, 2.75) is 55.5 Å². The minimum atomic E-state index is -0.707. The van der Waals surface area contributed by atoms with Gasteiger partial charge in [-0.3, -0.25) is 10.1 Å². The van der Waals surface area contributed by atoms with Crippen molar-refractivity contribution in [2.24, 2.45) is 0 Å². The van der Waals surface area contributed by atoms with Crippen LogP contribution in [0.1, 0.15) is 44.1 Å². The number of carboxylic acid groups (broad SMARTS) is 1. The molecule has 3 N–H and O–H groups in total. The van der Waals surface area contributed by atoms with Crippen LogP contribution >= 0.6 is 0 Å². The number of anilines is 1. The lowest BCUT2D eigenvalue weighted by molar-refractivity contribution is -0.139. The van der Waals surface area contributed by atoms with Crippen LogP contribution in [0.3, 0.4) is 0 Å². The second-order valence-electron chi connectivity index (χ2n) is 6.86. The highest BCUT2D eigenvalue weighted by Crippen LogP contribution is 2.55. The predicted octanol–water partition coefficient (Wildman–Crippen LogP) is 2.50. The summed E-state index contributed by atoms with van der Waals surface area (Å²) in [5, 5.41) is 16.6. The van der Waals surface area contributed by atoms with Gasteiger partial charge in [-0.25, -0.2) is 0 Å². The van der Waals surface area contributed by atoms with Gasteiger partial charge >= 0.3 is 5.97 Å². The Balaban J connectivity index is 1.83. The summed E-state index contributed by atoms with van der Waals surface area (Å²) in [6, 6.07) is 8.02. The number of aliphatic carboxylic acids is 1. The Hall–Kier alpha value is -1.55. The molecule has 2 heterocycles. The summed E-state index contributed by atoms with van der Waals surface area (Å²) in [5.74, 6) is -0.707. The number of hydrogen-bond acceptors (Lipinski definition) is 3. The molecule has 1 aromatic rings. The molecule has 0 radical (unpaired) electrons. The van der Waals surface area contributed by atoms with E-state index in [1.807, 2.05) is 0 Å². The highest BCUT2D eigenvalue weighted by atomic mass is 16.4. The molecule has 2 fully saturated rings. The maximum atomic E-state index is 11.6. The van der Waals surface area contributed by atoms with E-state index in [0.29, 0.717) is 6.42 Å². The molecule has 4 rings (SSSR count). The van der Waals surface area contributed by atoms with Crippen LogP contribution in [0.4, 0.5) is 5.69 Å². The summed E-state index contributed by atoms with van der Waals surface area (Å²) in [6.07, 6.45) is 6.55. The van der Waals surface area contributed by atoms with Crippen LogP contribution in [0.5, 0.6) is 0 Å². The third kappa shape index (κ3) is 1.68. The van der Waals surface area contributed by atoms with Gasteiger partial charge < -0.3 is 10.4 Å². The van der Waals surface area contributed by atoms with E-state index >= 15 is 0 Å². The SMILES string of the molecule is O=C(O)C1CC2(CNc3ccccc32)C2(CCCCC2)N1. The fraction of sp³-hybridized carbons (Fsp3) is 0.588. The van der Waals surface area contributed by atoms with E-state index in [-0.39, 0.29) is 11.0 Å². The lowest BCUT2D eigenvalue weighted by Crippen LogP contribution is -2.57. The first-order chi connectivity index (χ1) is 10.2. The van der Waals surface area contributed by atoms with Gasteiger partial charge in [0, 0.05) is 23.2 Å². The minimum absolute atomic E-state index is 0.0477. The Morgan fingerprint density at radius 1 is 1.19 bits per heavy atom. The van der Waals surface area contributed by atoms with Gasteiger partial charge in [-0.2, -0.15) is 0 Å². The summed E-state index contributed by atoms with van der Waals surface area (Å²) in [5.41, 5.74) is 2.40. The Morgan fingerprint density at radius 3 is 2.71 bits per heavy atom. The molecule has 3 aliphatic rings. The quantitative estimate of drug-likeness (QED) is 0.742. The zero-order chi connectivity index (χ0) is 14.5. The maximum Gasteiger partial charge on any atom is 0.320 e. The first kappa shape index (κ1) is 13.1. The standard InChI is InChI=1S/C17H22N2O2/c20-15(21)14-10-16(17(19-14)8-4-1-5-9-17)11-18-13-7-3-2-6-12(13)16/h2-3,6-7,14,18-19H,1,4-5,8-11H2,(H,20,21). The Morgan fingerprint density at radius 2 is 1.95 bits per heavy atom. The molecule has 2 aliphatic heterocycles. The van der Waals surface area contributed by atoms with Crippen LogP contribution in [0.15, 0.2) is 24.3 Å². The number of nitrogens with one attached hydrogen (secondary N) is 2. The van der Waals surface area contributed by atoms with Crippen LogP contribution in [0.2, 0.25) is 0 Å². The molecule has 112 valence electrons. The summed E-state index contributed by atoms with van der Waals surface area (Å²) >= 11 is 0. The number of hydrogen-bond donors (Lipinski definition) is 3. The van der Waals surface area contributed by atoms with E-state index in [9.17, 15) is 9.90 Å². The van der Waals surface area contributed by atoms with Gasteiger partial charge in [-0.1, -0.05) is 37.5 Å². The number of rotatable bonds is 1. The van der Waals surface area contributed by atoms with Gasteiger partial charge in [-0.05, 0) is 30.9 Å². The molecule has 1 aliphatic carbocycles. The number of carbonyl (C=O) groups is 1. The third-order valence-corrected chi connectivity index (χ3v) is 5.95. The van der Waals surface area contributed by atoms with Crippen molar-refractivity contribution in [2.75, 3.05) is 11.9 Å². The van der Waals surface area contributed by atoms with Gasteiger partial charge in [0.25, 0.3) is 0 Å². The van der Waals surface area contributed by atoms with E-state index in [1.165, 1.54) is 30.5 Å². The van der Waals surface area contributed by atoms with Crippen molar-refractivity contribution >= 4 is 11.7 Å². The predicted molar refractivity (Wildman–Crippen MR) is 81.6 cm³/mol. The molecule has 2 atom stereocenters. The van der Waals surface area contributed by atoms with Crippen LogP contribution in [-0.4, -0.2) is 29.2 Å². The topological polar surface area (TPSA) is 61.4 Å². The zero-order valence-corrected chi connectivity index (χ0v) is 12.2. The molecular weight excluding hydrogens is 264 g/mol. The molecule has 4 heteroatoms. The van der Waals surface area contributed by atoms with E-state index < -0.39 is 12.0 Å². The van der Waals surface area contributed by atoms with Crippen LogP contribution in [0.25, 0.3) is 0 Å². The van der Waals surface area contributed by atoms with Crippen molar-refractivity contribution in [3.05, 3.63) is 29.8 Å². The molecular formula is C17H22N2O2. The smallest absolute Gasteiger partial charge is 0.320 e. The molecule has 1 saturated heterocycles. The second-order valence-corrected chi connectivity index (χ2v) is 6.86. The fourth-order valence-corrected chi connectivity index (χ4v) is 5.00. The average Bonchev–Trinajstić information content (AvgIpc) is 3.02. The molecule has 0 aromatic heterocycles. The van der Waals surface area contributed by atoms with Gasteiger partial charge in [0.15, 0.2) is 0 Å². The number of fused-ring (bicyclic) bond motifs is 3. The van der Waals surface area contributed by atoms with Crippen molar-refractivity contribution in [1.82, 2.24) is 5.32 Å². The maximum absolute atomic E-state index is 11.6. The van der Waals surface area contributed by atoms with Crippen molar-refractivity contribution in [3.63, 3.8) is 0 Å². The number of carboxylic acids is 1. The van der Waals surface area contributed by atoms with Gasteiger partial charge in [0.05, 0.1) is 0 Å². The summed E-state index contributed by atoms with van der Waals surface area (Å²) in [6.45, 7) is 0.864. The molecule has 1 saturated carbocycles. The summed E-state index contributed by atoms with van der Waals surface area (Å²) in [4.78, 5) is 11.6. The molecule has 2 unspecified atom stereocenters. The number of benzene rings is 1. The minimum Gasteiger partial charge on any atom is -0.480 e. The Kier molecular flexibility index (Phi) is 2.80. The fourth-order valence-electron chi connectivity index (χ4n) is 5.00. The third-order valence-electron chi connectivity index (χ3n) is 5.95. The van der Waals surface area contributed by atoms with E-state index in [2.05, 4.69) is 34.9 Å². The highest BCUT2D eigenvalue weighted by molar-refractivity contribution is 5.76. The monoisotopic (exact) mass is 286 g/mol. The van der Waals surface area contributed by atoms with Crippen LogP contribution in [0, 0.1) is 0 Å².